The fourth-order valence-electron chi connectivity index (χ4n) is 2.69. The number of nitrogens with zero attached hydrogens (tertiary/aromatic N) is 1. The summed E-state index contributed by atoms with van der Waals surface area (Å²) in [6.45, 7) is 0. The van der Waals surface area contributed by atoms with E-state index in [4.69, 9.17) is 0 Å². The number of halogens is 1. The number of thiol groups is 1. The van der Waals surface area contributed by atoms with Crippen molar-refractivity contribution in [2.45, 2.75) is 31.4 Å². The summed E-state index contributed by atoms with van der Waals surface area (Å²) < 4.78 is 13.8. The van der Waals surface area contributed by atoms with Gasteiger partial charge in [-0.3, -0.25) is 0 Å². The number of para-hydroxylation sites is 1. The summed E-state index contributed by atoms with van der Waals surface area (Å²) in [5, 5.41) is 0.931. The van der Waals surface area contributed by atoms with Crippen LogP contribution in [0, 0.1) is 5.82 Å². The Kier molecular flexibility index (Phi) is 2.79. The lowest BCUT2D eigenvalue weighted by molar-refractivity contribution is 0.631. The molecule has 0 N–H and O–H groups in total. The number of hydrogen-bond donors (Lipinski definition) is 1. The summed E-state index contributed by atoms with van der Waals surface area (Å²) in [7, 11) is 0. The van der Waals surface area contributed by atoms with Crippen LogP contribution in [-0.4, -0.2) is 4.98 Å². The molecule has 0 atom stereocenters. The number of rotatable bonds is 1. The second kappa shape index (κ2) is 4.30. The third-order valence-corrected chi connectivity index (χ3v) is 3.84. The Labute approximate surface area is 105 Å². The summed E-state index contributed by atoms with van der Waals surface area (Å²) in [6.07, 6.45) is 4.40. The van der Waals surface area contributed by atoms with Crippen molar-refractivity contribution in [3.05, 3.63) is 40.8 Å². The molecular formula is C14H14FNS. The standard InChI is InChI=1S/C14H14FNS/c15-12-6-3-5-10-11(8-17)9-4-1-2-7-13(9)16-14(10)12/h3,5-6,17H,1-2,4,7-8H2. The largest absolute Gasteiger partial charge is 0.249 e. The molecule has 17 heavy (non-hydrogen) atoms. The number of hydrogen-bond acceptors (Lipinski definition) is 2. The highest BCUT2D eigenvalue weighted by Gasteiger charge is 2.18. The fourth-order valence-corrected chi connectivity index (χ4v) is 3.05. The zero-order valence-corrected chi connectivity index (χ0v) is 10.4. The van der Waals surface area contributed by atoms with E-state index in [2.05, 4.69) is 17.6 Å². The Bertz CT molecular complexity index is 580. The van der Waals surface area contributed by atoms with Crippen molar-refractivity contribution >= 4 is 23.5 Å². The molecule has 0 amide bonds. The predicted octanol–water partition coefficient (Wildman–Crippen LogP) is 3.68. The van der Waals surface area contributed by atoms with E-state index in [0.29, 0.717) is 11.3 Å². The van der Waals surface area contributed by atoms with Crippen LogP contribution >= 0.6 is 12.6 Å². The maximum Gasteiger partial charge on any atom is 0.149 e. The average molecular weight is 247 g/mol. The van der Waals surface area contributed by atoms with Crippen molar-refractivity contribution in [3.8, 4) is 0 Å². The molecule has 1 aromatic heterocycles. The quantitative estimate of drug-likeness (QED) is 0.758. The molecule has 0 aliphatic heterocycles. The maximum atomic E-state index is 13.8. The molecule has 0 saturated heterocycles. The third-order valence-electron chi connectivity index (χ3n) is 3.52. The smallest absolute Gasteiger partial charge is 0.149 e. The summed E-state index contributed by atoms with van der Waals surface area (Å²) in [6, 6.07) is 5.18. The van der Waals surface area contributed by atoms with Gasteiger partial charge in [0.05, 0.1) is 0 Å². The van der Waals surface area contributed by atoms with E-state index in [0.717, 1.165) is 30.3 Å². The van der Waals surface area contributed by atoms with Gasteiger partial charge in [0.1, 0.15) is 11.3 Å². The number of pyridine rings is 1. The van der Waals surface area contributed by atoms with Gasteiger partial charge < -0.3 is 0 Å². The van der Waals surface area contributed by atoms with Crippen molar-refractivity contribution in [2.75, 3.05) is 0 Å². The number of aryl methyl sites for hydroxylation is 1. The second-order valence-corrected chi connectivity index (χ2v) is 4.83. The molecule has 2 aromatic rings. The molecule has 3 rings (SSSR count). The van der Waals surface area contributed by atoms with Gasteiger partial charge in [-0.25, -0.2) is 9.37 Å². The minimum Gasteiger partial charge on any atom is -0.249 e. The first kappa shape index (κ1) is 11.0. The SMILES string of the molecule is Fc1cccc2c(CS)c3c(nc12)CCCC3. The van der Waals surface area contributed by atoms with Gasteiger partial charge in [-0.15, -0.1) is 0 Å². The topological polar surface area (TPSA) is 12.9 Å². The van der Waals surface area contributed by atoms with Crippen LogP contribution < -0.4 is 0 Å². The number of aromatic nitrogens is 1. The number of benzene rings is 1. The first-order valence-electron chi connectivity index (χ1n) is 6.01. The van der Waals surface area contributed by atoms with Gasteiger partial charge in [0.25, 0.3) is 0 Å². The van der Waals surface area contributed by atoms with Gasteiger partial charge in [0.15, 0.2) is 0 Å². The molecule has 0 radical (unpaired) electrons. The van der Waals surface area contributed by atoms with Crippen LogP contribution in [0.15, 0.2) is 18.2 Å². The normalized spacial score (nSPS) is 14.9. The second-order valence-electron chi connectivity index (χ2n) is 4.52. The van der Waals surface area contributed by atoms with E-state index >= 15 is 0 Å². The molecular weight excluding hydrogens is 233 g/mol. The molecule has 0 saturated carbocycles. The van der Waals surface area contributed by atoms with E-state index in [1.165, 1.54) is 23.6 Å². The van der Waals surface area contributed by atoms with Crippen LogP contribution in [0.3, 0.4) is 0 Å². The van der Waals surface area contributed by atoms with Crippen molar-refractivity contribution in [2.24, 2.45) is 0 Å². The number of fused-ring (bicyclic) bond motifs is 2. The highest BCUT2D eigenvalue weighted by molar-refractivity contribution is 7.79. The summed E-state index contributed by atoms with van der Waals surface area (Å²) >= 11 is 4.40. The fraction of sp³-hybridized carbons (Fsp3) is 0.357. The Morgan fingerprint density at radius 2 is 2.06 bits per heavy atom. The summed E-state index contributed by atoms with van der Waals surface area (Å²) in [5.41, 5.74) is 4.08. The lowest BCUT2D eigenvalue weighted by Crippen LogP contribution is -2.09. The molecule has 1 nitrogen and oxygen atoms in total. The van der Waals surface area contributed by atoms with E-state index in [-0.39, 0.29) is 5.82 Å². The molecule has 1 aliphatic carbocycles. The molecule has 0 fully saturated rings. The summed E-state index contributed by atoms with van der Waals surface area (Å²) in [5.74, 6) is 0.434. The lowest BCUT2D eigenvalue weighted by atomic mass is 9.90. The van der Waals surface area contributed by atoms with Crippen LogP contribution in [0.5, 0.6) is 0 Å². The Balaban J connectivity index is 2.39. The molecule has 1 aromatic carbocycles. The Morgan fingerprint density at radius 3 is 2.88 bits per heavy atom. The minimum absolute atomic E-state index is 0.223. The zero-order valence-electron chi connectivity index (χ0n) is 9.54. The molecule has 0 spiro atoms. The Morgan fingerprint density at radius 1 is 1.24 bits per heavy atom. The van der Waals surface area contributed by atoms with Gasteiger partial charge in [0.2, 0.25) is 0 Å². The van der Waals surface area contributed by atoms with E-state index in [9.17, 15) is 4.39 Å². The van der Waals surface area contributed by atoms with E-state index < -0.39 is 0 Å². The Hall–Kier alpha value is -1.09. The maximum absolute atomic E-state index is 13.8. The molecule has 1 aliphatic rings. The van der Waals surface area contributed by atoms with E-state index in [1.807, 2.05) is 6.07 Å². The zero-order chi connectivity index (χ0) is 11.8. The van der Waals surface area contributed by atoms with Gasteiger partial charge >= 0.3 is 0 Å². The van der Waals surface area contributed by atoms with Gasteiger partial charge in [0, 0.05) is 16.8 Å². The van der Waals surface area contributed by atoms with Crippen LogP contribution in [0.25, 0.3) is 10.9 Å². The first-order chi connectivity index (χ1) is 8.31. The van der Waals surface area contributed by atoms with Gasteiger partial charge in [-0.1, -0.05) is 12.1 Å². The molecule has 88 valence electrons. The van der Waals surface area contributed by atoms with Crippen molar-refractivity contribution in [1.29, 1.82) is 0 Å². The summed E-state index contributed by atoms with van der Waals surface area (Å²) in [4.78, 5) is 4.51. The van der Waals surface area contributed by atoms with Gasteiger partial charge in [-0.05, 0) is 42.9 Å². The van der Waals surface area contributed by atoms with Crippen molar-refractivity contribution < 1.29 is 4.39 Å². The predicted molar refractivity (Wildman–Crippen MR) is 71.0 cm³/mol. The highest BCUT2D eigenvalue weighted by atomic mass is 32.1. The molecule has 0 unspecified atom stereocenters. The molecule has 1 heterocycles. The van der Waals surface area contributed by atoms with Gasteiger partial charge in [-0.2, -0.15) is 12.6 Å². The molecule has 0 bridgehead atoms. The highest BCUT2D eigenvalue weighted by Crippen LogP contribution is 2.31. The molecule has 3 heteroatoms. The minimum atomic E-state index is -0.223. The van der Waals surface area contributed by atoms with E-state index in [1.54, 1.807) is 6.07 Å². The van der Waals surface area contributed by atoms with Crippen LogP contribution in [0.2, 0.25) is 0 Å². The monoisotopic (exact) mass is 247 g/mol. The van der Waals surface area contributed by atoms with Crippen LogP contribution in [0.4, 0.5) is 4.39 Å². The van der Waals surface area contributed by atoms with Crippen molar-refractivity contribution in [3.63, 3.8) is 0 Å². The first-order valence-corrected chi connectivity index (χ1v) is 6.64. The average Bonchev–Trinajstić information content (AvgIpc) is 2.37. The lowest BCUT2D eigenvalue weighted by Gasteiger charge is -2.20. The van der Waals surface area contributed by atoms with Crippen LogP contribution in [-0.2, 0) is 18.6 Å². The van der Waals surface area contributed by atoms with Crippen LogP contribution in [0.1, 0.15) is 29.7 Å². The third kappa shape index (κ3) is 1.73. The van der Waals surface area contributed by atoms with Crippen molar-refractivity contribution in [1.82, 2.24) is 4.98 Å².